The number of nitrogens with zero attached hydrogens (tertiary/aromatic N) is 2. The van der Waals surface area contributed by atoms with E-state index in [0.29, 0.717) is 42.9 Å². The molecule has 1 aliphatic rings. The molecule has 0 bridgehead atoms. The van der Waals surface area contributed by atoms with E-state index >= 15 is 0 Å². The van der Waals surface area contributed by atoms with Gasteiger partial charge in [-0.05, 0) is 37.1 Å². The number of likely N-dealkylation sites (tertiary alicyclic amines) is 1. The third-order valence-electron chi connectivity index (χ3n) is 4.07. The fourth-order valence-electron chi connectivity index (χ4n) is 2.64. The summed E-state index contributed by atoms with van der Waals surface area (Å²) in [6.45, 7) is 1.21. The first kappa shape index (κ1) is 17.9. The average molecular weight is 354 g/mol. The summed E-state index contributed by atoms with van der Waals surface area (Å²) < 4.78 is 18.4. The van der Waals surface area contributed by atoms with E-state index in [9.17, 15) is 14.3 Å². The molecule has 2 aromatic rings. The number of hydrogen-bond donors (Lipinski definition) is 1. The molecular weight excluding hydrogens is 335 g/mol. The summed E-state index contributed by atoms with van der Waals surface area (Å²) in [7, 11) is 0. The van der Waals surface area contributed by atoms with Crippen LogP contribution in [0.5, 0.6) is 5.75 Å². The zero-order valence-corrected chi connectivity index (χ0v) is 14.2. The Morgan fingerprint density at radius 1 is 1.31 bits per heavy atom. The highest BCUT2D eigenvalue weighted by Crippen LogP contribution is 2.13. The van der Waals surface area contributed by atoms with Gasteiger partial charge in [0, 0.05) is 30.9 Å². The summed E-state index contributed by atoms with van der Waals surface area (Å²) in [5.41, 5.74) is 1.03. The van der Waals surface area contributed by atoms with Gasteiger partial charge in [0.15, 0.2) is 0 Å². The second-order valence-corrected chi connectivity index (χ2v) is 6.00. The molecule has 0 aliphatic carbocycles. The van der Waals surface area contributed by atoms with Crippen molar-refractivity contribution in [2.45, 2.75) is 18.9 Å². The number of hydrogen-bond acceptors (Lipinski definition) is 4. The Morgan fingerprint density at radius 3 is 2.81 bits per heavy atom. The Labute approximate surface area is 151 Å². The van der Waals surface area contributed by atoms with Crippen LogP contribution in [0.25, 0.3) is 0 Å². The lowest BCUT2D eigenvalue weighted by molar-refractivity contribution is 0.0541. The fourth-order valence-corrected chi connectivity index (χ4v) is 2.64. The molecule has 1 aromatic heterocycles. The van der Waals surface area contributed by atoms with Crippen molar-refractivity contribution in [3.8, 4) is 17.6 Å². The van der Waals surface area contributed by atoms with Gasteiger partial charge in [-0.25, -0.2) is 9.37 Å². The minimum Gasteiger partial charge on any atom is -0.481 e. The Balaban J connectivity index is 1.54. The summed E-state index contributed by atoms with van der Waals surface area (Å²) in [4.78, 5) is 18.2. The summed E-state index contributed by atoms with van der Waals surface area (Å²) in [5.74, 6) is 5.65. The maximum Gasteiger partial charge on any atom is 0.272 e. The molecule has 0 unspecified atom stereocenters. The van der Waals surface area contributed by atoms with E-state index in [-0.39, 0.29) is 24.4 Å². The number of ether oxygens (including phenoxy) is 1. The van der Waals surface area contributed by atoms with E-state index in [1.807, 2.05) is 0 Å². The van der Waals surface area contributed by atoms with E-state index in [0.717, 1.165) is 0 Å². The Bertz CT molecular complexity index is 819. The summed E-state index contributed by atoms with van der Waals surface area (Å²) in [6, 6.07) is 9.24. The lowest BCUT2D eigenvalue weighted by atomic mass is 10.1. The molecule has 1 aromatic carbocycles. The second-order valence-electron chi connectivity index (χ2n) is 6.00. The van der Waals surface area contributed by atoms with Gasteiger partial charge in [0.05, 0.1) is 6.10 Å². The minimum absolute atomic E-state index is 0.125. The number of carbonyl (C=O) groups excluding carboxylic acids is 1. The third kappa shape index (κ3) is 4.80. The highest BCUT2D eigenvalue weighted by molar-refractivity contribution is 5.92. The van der Waals surface area contributed by atoms with Crippen LogP contribution in [0.3, 0.4) is 0 Å². The van der Waals surface area contributed by atoms with Gasteiger partial charge in [-0.1, -0.05) is 17.9 Å². The van der Waals surface area contributed by atoms with Crippen LogP contribution in [0.1, 0.15) is 28.9 Å². The van der Waals surface area contributed by atoms with E-state index < -0.39 is 0 Å². The molecule has 6 heteroatoms. The van der Waals surface area contributed by atoms with Crippen molar-refractivity contribution < 1.29 is 19.0 Å². The number of rotatable bonds is 3. The molecule has 2 heterocycles. The quantitative estimate of drug-likeness (QED) is 0.859. The lowest BCUT2D eigenvalue weighted by Crippen LogP contribution is -2.40. The first-order valence-corrected chi connectivity index (χ1v) is 8.42. The van der Waals surface area contributed by atoms with E-state index in [2.05, 4.69) is 16.8 Å². The van der Waals surface area contributed by atoms with Crippen molar-refractivity contribution in [3.63, 3.8) is 0 Å². The van der Waals surface area contributed by atoms with Crippen molar-refractivity contribution >= 4 is 5.91 Å². The van der Waals surface area contributed by atoms with Crippen LogP contribution in [0.4, 0.5) is 4.39 Å². The molecule has 1 aliphatic heterocycles. The number of halogens is 1. The number of benzene rings is 1. The maximum atomic E-state index is 13.0. The van der Waals surface area contributed by atoms with Gasteiger partial charge in [0.25, 0.3) is 5.91 Å². The highest BCUT2D eigenvalue weighted by Gasteiger charge is 2.22. The molecule has 26 heavy (non-hydrogen) atoms. The molecule has 3 rings (SSSR count). The Hall–Kier alpha value is -2.91. The van der Waals surface area contributed by atoms with Gasteiger partial charge >= 0.3 is 0 Å². The first-order chi connectivity index (χ1) is 12.6. The number of aromatic nitrogens is 1. The van der Waals surface area contributed by atoms with Gasteiger partial charge in [0.1, 0.15) is 23.9 Å². The van der Waals surface area contributed by atoms with Crippen LogP contribution in [-0.2, 0) is 0 Å². The predicted molar refractivity (Wildman–Crippen MR) is 94.2 cm³/mol. The summed E-state index contributed by atoms with van der Waals surface area (Å²) in [5, 5.41) is 9.51. The monoisotopic (exact) mass is 354 g/mol. The van der Waals surface area contributed by atoms with Gasteiger partial charge in [0.2, 0.25) is 0 Å². The first-order valence-electron chi connectivity index (χ1n) is 8.42. The lowest BCUT2D eigenvalue weighted by Gasteiger charge is -2.29. The van der Waals surface area contributed by atoms with Crippen molar-refractivity contribution in [1.29, 1.82) is 0 Å². The zero-order valence-electron chi connectivity index (χ0n) is 14.2. The van der Waals surface area contributed by atoms with Crippen LogP contribution in [0.15, 0.2) is 42.6 Å². The van der Waals surface area contributed by atoms with Crippen LogP contribution in [0, 0.1) is 17.7 Å². The SMILES string of the molecule is O=C(c1ccc(C#CCOc2cccc(F)c2)cn1)N1CCC(O)CC1. The minimum atomic E-state index is -0.358. The second kappa shape index (κ2) is 8.45. The predicted octanol–water partition coefficient (Wildman–Crippen LogP) is 2.25. The van der Waals surface area contributed by atoms with Crippen molar-refractivity contribution in [2.75, 3.05) is 19.7 Å². The average Bonchev–Trinajstić information content (AvgIpc) is 2.66. The number of aliphatic hydroxyl groups is 1. The summed E-state index contributed by atoms with van der Waals surface area (Å²) in [6.07, 6.45) is 2.42. The molecule has 1 fully saturated rings. The van der Waals surface area contributed by atoms with E-state index in [1.165, 1.54) is 12.1 Å². The van der Waals surface area contributed by atoms with Crippen LogP contribution < -0.4 is 4.74 Å². The van der Waals surface area contributed by atoms with Crippen LogP contribution >= 0.6 is 0 Å². The van der Waals surface area contributed by atoms with Gasteiger partial charge in [-0.3, -0.25) is 4.79 Å². The largest absolute Gasteiger partial charge is 0.481 e. The molecule has 1 saturated heterocycles. The third-order valence-corrected chi connectivity index (χ3v) is 4.07. The summed E-state index contributed by atoms with van der Waals surface area (Å²) >= 11 is 0. The number of aliphatic hydroxyl groups excluding tert-OH is 1. The molecule has 0 radical (unpaired) electrons. The number of piperidine rings is 1. The highest BCUT2D eigenvalue weighted by atomic mass is 19.1. The van der Waals surface area contributed by atoms with E-state index in [4.69, 9.17) is 4.74 Å². The molecular formula is C20H19FN2O3. The standard InChI is InChI=1S/C20H19FN2O3/c21-16-4-1-5-18(13-16)26-12-2-3-15-6-7-19(22-14-15)20(25)23-10-8-17(24)9-11-23/h1,4-7,13-14,17,24H,8-12H2. The van der Waals surface area contributed by atoms with Crippen molar-refractivity contribution in [1.82, 2.24) is 9.88 Å². The van der Waals surface area contributed by atoms with Crippen molar-refractivity contribution in [2.24, 2.45) is 0 Å². The Morgan fingerprint density at radius 2 is 2.12 bits per heavy atom. The molecule has 1 N–H and O–H groups in total. The fraction of sp³-hybridized carbons (Fsp3) is 0.300. The van der Waals surface area contributed by atoms with Crippen LogP contribution in [0.2, 0.25) is 0 Å². The number of pyridine rings is 1. The molecule has 0 atom stereocenters. The maximum absolute atomic E-state index is 13.0. The van der Waals surface area contributed by atoms with E-state index in [1.54, 1.807) is 35.4 Å². The smallest absolute Gasteiger partial charge is 0.272 e. The molecule has 1 amide bonds. The number of carbonyl (C=O) groups is 1. The van der Waals surface area contributed by atoms with Gasteiger partial charge in [-0.2, -0.15) is 0 Å². The normalized spacial score (nSPS) is 14.5. The molecule has 0 saturated carbocycles. The topological polar surface area (TPSA) is 62.7 Å². The molecule has 0 spiro atoms. The van der Waals surface area contributed by atoms with Gasteiger partial charge < -0.3 is 14.7 Å². The Kier molecular flexibility index (Phi) is 5.82. The number of amides is 1. The van der Waals surface area contributed by atoms with Crippen molar-refractivity contribution in [3.05, 3.63) is 59.7 Å². The molecule has 134 valence electrons. The molecule has 5 nitrogen and oxygen atoms in total. The van der Waals surface area contributed by atoms with Crippen LogP contribution in [-0.4, -0.2) is 46.7 Å². The van der Waals surface area contributed by atoms with Gasteiger partial charge in [-0.15, -0.1) is 0 Å². The zero-order chi connectivity index (χ0) is 18.4.